The van der Waals surface area contributed by atoms with E-state index >= 15 is 0 Å². The minimum atomic E-state index is -0.0738. The fourth-order valence-electron chi connectivity index (χ4n) is 1.41. The Morgan fingerprint density at radius 2 is 2.20 bits per heavy atom. The van der Waals surface area contributed by atoms with Gasteiger partial charge in [-0.05, 0) is 33.2 Å². The Hall–Kier alpha value is -0.0561. The van der Waals surface area contributed by atoms with Crippen molar-refractivity contribution < 1.29 is 37.4 Å². The van der Waals surface area contributed by atoms with Gasteiger partial charge in [-0.3, -0.25) is 0 Å². The van der Waals surface area contributed by atoms with E-state index in [-0.39, 0.29) is 38.7 Å². The molecule has 1 fully saturated rings. The topological polar surface area (TPSA) is 48.7 Å². The first kappa shape index (κ1) is 17.3. The van der Waals surface area contributed by atoms with Crippen LogP contribution >= 0.6 is 0 Å². The Morgan fingerprint density at radius 3 is 2.60 bits per heavy atom. The first-order chi connectivity index (χ1) is 6.74. The summed E-state index contributed by atoms with van der Waals surface area (Å²) in [6, 6.07) is 0.377. The Bertz CT molecular complexity index is 199. The van der Waals surface area contributed by atoms with E-state index in [1.807, 2.05) is 0 Å². The van der Waals surface area contributed by atoms with Crippen LogP contribution < -0.4 is 0 Å². The minimum absolute atomic E-state index is 0. The number of nitrogens with zero attached hydrogens (tertiary/aromatic N) is 2. The van der Waals surface area contributed by atoms with Crippen LogP contribution in [0.2, 0.25) is 0 Å². The van der Waals surface area contributed by atoms with Crippen molar-refractivity contribution in [2.75, 3.05) is 20.2 Å². The van der Waals surface area contributed by atoms with Gasteiger partial charge in [0.25, 0.3) is 0 Å². The van der Waals surface area contributed by atoms with Crippen molar-refractivity contribution in [2.24, 2.45) is 4.99 Å². The number of likely N-dealkylation sites (N-methyl/N-ethyl adjacent to an activating group) is 1. The fourth-order valence-corrected chi connectivity index (χ4v) is 1.41. The molecule has 1 atom stereocenters. The molecule has 0 amide bonds. The van der Waals surface area contributed by atoms with Gasteiger partial charge in [-0.25, -0.2) is 10.4 Å². The Morgan fingerprint density at radius 1 is 1.60 bits per heavy atom. The molecular formula is C10H19N3OY. The van der Waals surface area contributed by atoms with Crippen molar-refractivity contribution in [1.82, 2.24) is 4.90 Å². The number of hydrogen-bond donors (Lipinski definition) is 1. The number of nitrogens with one attached hydrogen (secondary N) is 1. The number of amidine groups is 1. The van der Waals surface area contributed by atoms with Gasteiger partial charge in [0.15, 0.2) is 0 Å². The smallest absolute Gasteiger partial charge is 0.308 e. The zero-order valence-corrected chi connectivity index (χ0v) is 12.2. The Labute approximate surface area is 117 Å². The summed E-state index contributed by atoms with van der Waals surface area (Å²) in [6.45, 7) is 10.9. The number of hydrogen-bond acceptors (Lipinski definition) is 3. The summed E-state index contributed by atoms with van der Waals surface area (Å²) in [5.41, 5.74) is 0. The molecule has 83 valence electrons. The van der Waals surface area contributed by atoms with Gasteiger partial charge in [0.1, 0.15) is 6.61 Å². The van der Waals surface area contributed by atoms with E-state index < -0.39 is 0 Å². The second kappa shape index (κ2) is 10.5. The summed E-state index contributed by atoms with van der Waals surface area (Å²) in [5, 5.41) is 7.10. The Balaban J connectivity index is 0. The first-order valence-electron chi connectivity index (χ1n) is 4.62. The van der Waals surface area contributed by atoms with Crippen molar-refractivity contribution in [2.45, 2.75) is 18.9 Å². The third-order valence-electron chi connectivity index (χ3n) is 2.23. The third-order valence-corrected chi connectivity index (χ3v) is 2.23. The molecule has 0 spiro atoms. The zero-order chi connectivity index (χ0) is 11.0. The van der Waals surface area contributed by atoms with Crippen molar-refractivity contribution in [3.05, 3.63) is 13.2 Å². The van der Waals surface area contributed by atoms with Crippen LogP contribution in [0.3, 0.4) is 0 Å². The maximum Gasteiger partial charge on any atom is 0.308 e. The monoisotopic (exact) mass is 286 g/mol. The van der Waals surface area contributed by atoms with Crippen molar-refractivity contribution in [3.8, 4) is 0 Å². The zero-order valence-electron chi connectivity index (χ0n) is 9.41. The molecule has 0 aromatic carbocycles. The molecule has 4 nitrogen and oxygen atoms in total. The van der Waals surface area contributed by atoms with Crippen LogP contribution in [0.1, 0.15) is 12.8 Å². The van der Waals surface area contributed by atoms with Crippen LogP contribution in [-0.4, -0.2) is 43.9 Å². The minimum Gasteiger partial charge on any atom is -0.462 e. The number of aliphatic imine (C=N–C) groups is 1. The van der Waals surface area contributed by atoms with E-state index in [9.17, 15) is 0 Å². The fraction of sp³-hybridized carbons (Fsp3) is 0.600. The number of likely N-dealkylation sites (tertiary alicyclic amines) is 1. The molecule has 1 unspecified atom stereocenters. The molecule has 0 aromatic rings. The van der Waals surface area contributed by atoms with Crippen molar-refractivity contribution in [1.29, 1.82) is 5.41 Å². The predicted octanol–water partition coefficient (Wildman–Crippen LogP) is 1.53. The largest absolute Gasteiger partial charge is 0.462 e. The summed E-state index contributed by atoms with van der Waals surface area (Å²) < 4.78 is 5.06. The molecule has 1 radical (unpaired) electrons. The summed E-state index contributed by atoms with van der Waals surface area (Å²) in [6.07, 6.45) is 2.38. The predicted molar refractivity (Wildman–Crippen MR) is 60.1 cm³/mol. The average Bonchev–Trinajstić information content (AvgIpc) is 2.63. The molecule has 0 aromatic heterocycles. The van der Waals surface area contributed by atoms with Gasteiger partial charge in [-0.15, -0.1) is 13.2 Å². The van der Waals surface area contributed by atoms with Crippen LogP contribution in [0, 0.1) is 5.41 Å². The van der Waals surface area contributed by atoms with E-state index in [1.165, 1.54) is 6.42 Å². The van der Waals surface area contributed by atoms with E-state index in [1.54, 1.807) is 0 Å². The summed E-state index contributed by atoms with van der Waals surface area (Å²) in [5.74, 6) is 0. The molecule has 15 heavy (non-hydrogen) atoms. The number of ether oxygens (including phenoxy) is 1. The van der Waals surface area contributed by atoms with Gasteiger partial charge in [0.05, 0.1) is 0 Å². The van der Waals surface area contributed by atoms with Gasteiger partial charge >= 0.3 is 6.02 Å². The molecule has 0 saturated carbocycles. The molecule has 1 N–H and O–H groups in total. The van der Waals surface area contributed by atoms with Crippen LogP contribution in [0.4, 0.5) is 0 Å². The molecule has 1 heterocycles. The average molecular weight is 286 g/mol. The standard InChI is InChI=1S/C8H15N3O.C2H4.Y/c1-10-8(9)12-6-7-4-3-5-11(7)2;1-2;/h7,9H,1,3-6H2,2H3;1-2H2;. The Kier molecular flexibility index (Phi) is 12.1. The van der Waals surface area contributed by atoms with E-state index in [0.29, 0.717) is 12.6 Å². The van der Waals surface area contributed by atoms with Gasteiger partial charge < -0.3 is 9.64 Å². The molecular weight excluding hydrogens is 267 g/mol. The second-order valence-corrected chi connectivity index (χ2v) is 3.05. The summed E-state index contributed by atoms with van der Waals surface area (Å²) >= 11 is 0. The van der Waals surface area contributed by atoms with Crippen LogP contribution in [0.5, 0.6) is 0 Å². The molecule has 5 heteroatoms. The second-order valence-electron chi connectivity index (χ2n) is 3.05. The maximum atomic E-state index is 7.10. The van der Waals surface area contributed by atoms with Gasteiger partial charge in [-0.1, -0.05) is 0 Å². The van der Waals surface area contributed by atoms with Crippen LogP contribution in [0.25, 0.3) is 0 Å². The summed E-state index contributed by atoms with van der Waals surface area (Å²) in [7, 11) is 2.08. The third kappa shape index (κ3) is 6.93. The maximum absolute atomic E-state index is 7.10. The molecule has 0 bridgehead atoms. The van der Waals surface area contributed by atoms with E-state index in [2.05, 4.69) is 36.8 Å². The van der Waals surface area contributed by atoms with Gasteiger partial charge in [-0.2, -0.15) is 0 Å². The molecule has 0 aliphatic carbocycles. The summed E-state index contributed by atoms with van der Waals surface area (Å²) in [4.78, 5) is 5.61. The van der Waals surface area contributed by atoms with Crippen LogP contribution in [-0.2, 0) is 37.4 Å². The molecule has 1 aliphatic heterocycles. The van der Waals surface area contributed by atoms with Crippen molar-refractivity contribution in [3.63, 3.8) is 0 Å². The first-order valence-corrected chi connectivity index (χ1v) is 4.62. The van der Waals surface area contributed by atoms with Gasteiger partial charge in [0, 0.05) is 38.8 Å². The van der Waals surface area contributed by atoms with Crippen molar-refractivity contribution >= 4 is 12.7 Å². The SMILES string of the molecule is C=C.C=NC(=N)OCC1CCCN1C.[Y]. The quantitative estimate of drug-likeness (QED) is 0.475. The normalized spacial score (nSPS) is 19.4. The van der Waals surface area contributed by atoms with Gasteiger partial charge in [0.2, 0.25) is 0 Å². The molecule has 1 aliphatic rings. The molecule has 1 saturated heterocycles. The number of rotatable bonds is 2. The van der Waals surface area contributed by atoms with Crippen LogP contribution in [0.15, 0.2) is 18.2 Å². The van der Waals surface area contributed by atoms with E-state index in [0.717, 1.165) is 13.0 Å². The van der Waals surface area contributed by atoms with E-state index in [4.69, 9.17) is 10.1 Å². The molecule has 1 rings (SSSR count).